The minimum absolute atomic E-state index is 0.0391. The summed E-state index contributed by atoms with van der Waals surface area (Å²) in [4.78, 5) is 26.1. The van der Waals surface area contributed by atoms with Gasteiger partial charge < -0.3 is 10.2 Å². The SMILES string of the molecule is Cc1ccc(N2CC(NC(=O)C(C)(C)CCl)CC2=O)cc1C. The summed E-state index contributed by atoms with van der Waals surface area (Å²) in [6, 6.07) is 5.82. The number of hydrogen-bond acceptors (Lipinski definition) is 2. The van der Waals surface area contributed by atoms with Crippen molar-refractivity contribution in [3.8, 4) is 0 Å². The first kappa shape index (κ1) is 16.8. The van der Waals surface area contributed by atoms with E-state index in [2.05, 4.69) is 5.32 Å². The lowest BCUT2D eigenvalue weighted by Gasteiger charge is -2.23. The van der Waals surface area contributed by atoms with Gasteiger partial charge in [-0.05, 0) is 51.0 Å². The second-order valence-electron chi connectivity index (χ2n) is 6.66. The molecule has 120 valence electrons. The fourth-order valence-corrected chi connectivity index (χ4v) is 2.51. The van der Waals surface area contributed by atoms with Crippen LogP contribution in [0.2, 0.25) is 0 Å². The van der Waals surface area contributed by atoms with Crippen LogP contribution in [0.1, 0.15) is 31.4 Å². The Balaban J connectivity index is 2.08. The largest absolute Gasteiger partial charge is 0.351 e. The maximum atomic E-state index is 12.2. The Bertz CT molecular complexity index is 598. The molecule has 2 amide bonds. The molecule has 4 nitrogen and oxygen atoms in total. The van der Waals surface area contributed by atoms with Crippen molar-refractivity contribution in [2.24, 2.45) is 5.41 Å². The van der Waals surface area contributed by atoms with Gasteiger partial charge in [0.1, 0.15) is 0 Å². The molecule has 0 radical (unpaired) electrons. The Morgan fingerprint density at radius 2 is 2.05 bits per heavy atom. The molecule has 0 spiro atoms. The summed E-state index contributed by atoms with van der Waals surface area (Å²) in [5.74, 6) is 0.180. The highest BCUT2D eigenvalue weighted by atomic mass is 35.5. The molecule has 1 aliphatic rings. The van der Waals surface area contributed by atoms with Gasteiger partial charge in [0.15, 0.2) is 0 Å². The summed E-state index contributed by atoms with van der Waals surface area (Å²) in [5.41, 5.74) is 2.62. The molecule has 5 heteroatoms. The topological polar surface area (TPSA) is 49.4 Å². The fourth-order valence-electron chi connectivity index (χ4n) is 2.39. The van der Waals surface area contributed by atoms with Crippen LogP contribution in [0.5, 0.6) is 0 Å². The van der Waals surface area contributed by atoms with Gasteiger partial charge in [0.25, 0.3) is 0 Å². The van der Waals surface area contributed by atoms with Crippen molar-refractivity contribution >= 4 is 29.1 Å². The molecule has 22 heavy (non-hydrogen) atoms. The minimum atomic E-state index is -0.627. The summed E-state index contributed by atoms with van der Waals surface area (Å²) in [5, 5.41) is 2.94. The number of benzene rings is 1. The number of hydrogen-bond donors (Lipinski definition) is 1. The Morgan fingerprint density at radius 1 is 1.36 bits per heavy atom. The van der Waals surface area contributed by atoms with Gasteiger partial charge in [-0.3, -0.25) is 9.59 Å². The molecule has 1 N–H and O–H groups in total. The molecule has 0 aromatic heterocycles. The second kappa shape index (κ2) is 6.29. The highest BCUT2D eigenvalue weighted by molar-refractivity contribution is 6.19. The van der Waals surface area contributed by atoms with Crippen LogP contribution >= 0.6 is 11.6 Å². The molecule has 1 saturated heterocycles. The third-order valence-corrected chi connectivity index (χ3v) is 4.88. The zero-order valence-corrected chi connectivity index (χ0v) is 14.3. The Morgan fingerprint density at radius 3 is 2.64 bits per heavy atom. The zero-order chi connectivity index (χ0) is 16.5. The normalized spacial score (nSPS) is 18.7. The van der Waals surface area contributed by atoms with Gasteiger partial charge in [-0.15, -0.1) is 11.6 Å². The fraction of sp³-hybridized carbons (Fsp3) is 0.529. The van der Waals surface area contributed by atoms with E-state index >= 15 is 0 Å². The molecule has 1 fully saturated rings. The van der Waals surface area contributed by atoms with E-state index in [0.29, 0.717) is 13.0 Å². The first-order valence-electron chi connectivity index (χ1n) is 7.49. The van der Waals surface area contributed by atoms with Crippen LogP contribution in [0, 0.1) is 19.3 Å². The van der Waals surface area contributed by atoms with Crippen molar-refractivity contribution in [2.75, 3.05) is 17.3 Å². The van der Waals surface area contributed by atoms with E-state index in [9.17, 15) is 9.59 Å². The van der Waals surface area contributed by atoms with Crippen LogP contribution in [0.15, 0.2) is 18.2 Å². The molecule has 1 unspecified atom stereocenters. The van der Waals surface area contributed by atoms with Crippen molar-refractivity contribution in [1.82, 2.24) is 5.32 Å². The summed E-state index contributed by atoms with van der Waals surface area (Å²) in [6.07, 6.45) is 0.330. The summed E-state index contributed by atoms with van der Waals surface area (Å²) in [7, 11) is 0. The monoisotopic (exact) mass is 322 g/mol. The second-order valence-corrected chi connectivity index (χ2v) is 6.93. The number of carbonyl (C=O) groups excluding carboxylic acids is 2. The van der Waals surface area contributed by atoms with Gasteiger partial charge in [0.05, 0.1) is 11.5 Å². The van der Waals surface area contributed by atoms with Crippen molar-refractivity contribution in [1.29, 1.82) is 0 Å². The third-order valence-electron chi connectivity index (χ3n) is 4.21. The maximum absolute atomic E-state index is 12.2. The van der Waals surface area contributed by atoms with Gasteiger partial charge in [-0.2, -0.15) is 0 Å². The number of nitrogens with zero attached hydrogens (tertiary/aromatic N) is 1. The van der Waals surface area contributed by atoms with E-state index in [1.807, 2.05) is 32.0 Å². The predicted molar refractivity (Wildman–Crippen MR) is 89.3 cm³/mol. The predicted octanol–water partition coefficient (Wildman–Crippen LogP) is 2.79. The lowest BCUT2D eigenvalue weighted by Crippen LogP contribution is -2.44. The van der Waals surface area contributed by atoms with E-state index in [1.54, 1.807) is 18.7 Å². The molecule has 1 aliphatic heterocycles. The molecule has 1 heterocycles. The smallest absolute Gasteiger partial charge is 0.229 e. The molecule has 1 atom stereocenters. The van der Waals surface area contributed by atoms with Crippen molar-refractivity contribution < 1.29 is 9.59 Å². The lowest BCUT2D eigenvalue weighted by atomic mass is 9.95. The van der Waals surface area contributed by atoms with Crippen LogP contribution in [-0.4, -0.2) is 30.3 Å². The van der Waals surface area contributed by atoms with Crippen LogP contribution in [0.25, 0.3) is 0 Å². The van der Waals surface area contributed by atoms with Crippen LogP contribution in [-0.2, 0) is 9.59 Å². The molecule has 2 rings (SSSR count). The molecule has 1 aromatic carbocycles. The number of rotatable bonds is 4. The van der Waals surface area contributed by atoms with Crippen molar-refractivity contribution in [2.45, 2.75) is 40.2 Å². The van der Waals surface area contributed by atoms with E-state index in [4.69, 9.17) is 11.6 Å². The average molecular weight is 323 g/mol. The average Bonchev–Trinajstić information content (AvgIpc) is 2.82. The highest BCUT2D eigenvalue weighted by Gasteiger charge is 2.35. The van der Waals surface area contributed by atoms with E-state index in [-0.39, 0.29) is 23.7 Å². The van der Waals surface area contributed by atoms with Crippen molar-refractivity contribution in [3.05, 3.63) is 29.3 Å². The van der Waals surface area contributed by atoms with Crippen LogP contribution in [0.3, 0.4) is 0 Å². The first-order chi connectivity index (χ1) is 10.2. The molecule has 1 aromatic rings. The van der Waals surface area contributed by atoms with E-state index < -0.39 is 5.41 Å². The number of alkyl halides is 1. The molecule has 0 saturated carbocycles. The molecule has 0 aliphatic carbocycles. The molecule has 0 bridgehead atoms. The van der Waals surface area contributed by atoms with Crippen LogP contribution < -0.4 is 10.2 Å². The number of carbonyl (C=O) groups is 2. The molecular formula is C17H23ClN2O2. The van der Waals surface area contributed by atoms with Gasteiger partial charge in [-0.25, -0.2) is 0 Å². The van der Waals surface area contributed by atoms with Gasteiger partial charge in [0, 0.05) is 24.5 Å². The maximum Gasteiger partial charge on any atom is 0.229 e. The van der Waals surface area contributed by atoms with E-state index in [0.717, 1.165) is 11.3 Å². The number of halogens is 1. The number of aryl methyl sites for hydroxylation is 2. The summed E-state index contributed by atoms with van der Waals surface area (Å²) in [6.45, 7) is 8.18. The van der Waals surface area contributed by atoms with Crippen LogP contribution in [0.4, 0.5) is 5.69 Å². The lowest BCUT2D eigenvalue weighted by molar-refractivity contribution is -0.128. The van der Waals surface area contributed by atoms with Gasteiger partial charge >= 0.3 is 0 Å². The van der Waals surface area contributed by atoms with E-state index in [1.165, 1.54) is 5.56 Å². The van der Waals surface area contributed by atoms with Gasteiger partial charge in [0.2, 0.25) is 11.8 Å². The highest BCUT2D eigenvalue weighted by Crippen LogP contribution is 2.25. The quantitative estimate of drug-likeness (QED) is 0.867. The first-order valence-corrected chi connectivity index (χ1v) is 8.02. The Labute approximate surface area is 136 Å². The van der Waals surface area contributed by atoms with Crippen molar-refractivity contribution in [3.63, 3.8) is 0 Å². The Kier molecular flexibility index (Phi) is 4.81. The Hall–Kier alpha value is -1.55. The minimum Gasteiger partial charge on any atom is -0.351 e. The summed E-state index contributed by atoms with van der Waals surface area (Å²) < 4.78 is 0. The summed E-state index contributed by atoms with van der Waals surface area (Å²) >= 11 is 5.82. The standard InChI is InChI=1S/C17H23ClN2O2/c1-11-5-6-14(7-12(11)2)20-9-13(8-15(20)21)19-16(22)17(3,4)10-18/h5-7,13H,8-10H2,1-4H3,(H,19,22). The molecular weight excluding hydrogens is 300 g/mol. The third kappa shape index (κ3) is 3.43. The van der Waals surface area contributed by atoms with Gasteiger partial charge in [-0.1, -0.05) is 6.07 Å². The number of amides is 2. The number of nitrogens with one attached hydrogen (secondary N) is 1. The zero-order valence-electron chi connectivity index (χ0n) is 13.6. The number of anilines is 1.